The highest BCUT2D eigenvalue weighted by molar-refractivity contribution is 5.34. The lowest BCUT2D eigenvalue weighted by Crippen LogP contribution is -2.10. The first-order chi connectivity index (χ1) is 7.99. The van der Waals surface area contributed by atoms with Crippen molar-refractivity contribution in [3.8, 4) is 0 Å². The van der Waals surface area contributed by atoms with Crippen molar-refractivity contribution in [3.05, 3.63) is 34.9 Å². The molecule has 0 fully saturated rings. The van der Waals surface area contributed by atoms with Crippen molar-refractivity contribution in [2.75, 3.05) is 13.1 Å². The molecule has 0 unspecified atom stereocenters. The van der Waals surface area contributed by atoms with E-state index in [-0.39, 0.29) is 0 Å². The summed E-state index contributed by atoms with van der Waals surface area (Å²) in [4.78, 5) is 0. The van der Waals surface area contributed by atoms with Crippen LogP contribution in [0.5, 0.6) is 0 Å². The number of halogens is 3. The van der Waals surface area contributed by atoms with Gasteiger partial charge in [-0.3, -0.25) is 0 Å². The van der Waals surface area contributed by atoms with Gasteiger partial charge < -0.3 is 11.5 Å². The summed E-state index contributed by atoms with van der Waals surface area (Å²) in [6.07, 6.45) is -2.45. The van der Waals surface area contributed by atoms with Gasteiger partial charge in [0.2, 0.25) is 0 Å². The summed E-state index contributed by atoms with van der Waals surface area (Å²) < 4.78 is 37.7. The van der Waals surface area contributed by atoms with Crippen molar-refractivity contribution < 1.29 is 13.2 Å². The summed E-state index contributed by atoms with van der Waals surface area (Å²) in [5.74, 6) is 0. The highest BCUT2D eigenvalue weighted by Gasteiger charge is 2.30. The monoisotopic (exact) mass is 246 g/mol. The zero-order valence-corrected chi connectivity index (χ0v) is 9.56. The number of hydrogen-bond acceptors (Lipinski definition) is 2. The molecule has 0 atom stereocenters. The minimum absolute atomic E-state index is 0.432. The van der Waals surface area contributed by atoms with Gasteiger partial charge in [-0.1, -0.05) is 6.07 Å². The SMILES string of the molecule is NCCCc1cc(C(F)(F)F)ccc1CCN. The molecule has 0 radical (unpaired) electrons. The standard InChI is InChI=1S/C12H17F3N2/c13-12(14,15)11-4-3-9(5-7-17)10(8-11)2-1-6-16/h3-4,8H,1-2,5-7,16-17H2. The predicted octanol–water partition coefficient (Wildman–Crippen LogP) is 2.10. The Hall–Kier alpha value is -1.07. The number of rotatable bonds is 5. The van der Waals surface area contributed by atoms with E-state index in [1.54, 1.807) is 0 Å². The van der Waals surface area contributed by atoms with E-state index in [4.69, 9.17) is 11.5 Å². The molecule has 1 aromatic rings. The maximum Gasteiger partial charge on any atom is 0.416 e. The van der Waals surface area contributed by atoms with E-state index in [2.05, 4.69) is 0 Å². The van der Waals surface area contributed by atoms with Crippen LogP contribution < -0.4 is 11.5 Å². The van der Waals surface area contributed by atoms with Crippen LogP contribution >= 0.6 is 0 Å². The lowest BCUT2D eigenvalue weighted by molar-refractivity contribution is -0.137. The van der Waals surface area contributed by atoms with E-state index in [1.165, 1.54) is 12.1 Å². The molecular formula is C12H17F3N2. The van der Waals surface area contributed by atoms with Gasteiger partial charge in [-0.05, 0) is 55.6 Å². The average molecular weight is 246 g/mol. The van der Waals surface area contributed by atoms with Crippen LogP contribution in [0.15, 0.2) is 18.2 Å². The van der Waals surface area contributed by atoms with Crippen molar-refractivity contribution in [1.29, 1.82) is 0 Å². The van der Waals surface area contributed by atoms with Crippen LogP contribution in [0.2, 0.25) is 0 Å². The van der Waals surface area contributed by atoms with Crippen LogP contribution in [0.1, 0.15) is 23.1 Å². The summed E-state index contributed by atoms with van der Waals surface area (Å²) in [5, 5.41) is 0. The third-order valence-electron chi connectivity index (χ3n) is 2.60. The average Bonchev–Trinajstić information content (AvgIpc) is 2.26. The second-order valence-corrected chi connectivity index (χ2v) is 3.91. The lowest BCUT2D eigenvalue weighted by atomic mass is 9.97. The Morgan fingerprint density at radius 3 is 2.18 bits per heavy atom. The van der Waals surface area contributed by atoms with E-state index >= 15 is 0 Å². The number of benzene rings is 1. The van der Waals surface area contributed by atoms with Crippen LogP contribution in [0, 0.1) is 0 Å². The highest BCUT2D eigenvalue weighted by atomic mass is 19.4. The largest absolute Gasteiger partial charge is 0.416 e. The van der Waals surface area contributed by atoms with Crippen molar-refractivity contribution in [2.45, 2.75) is 25.4 Å². The molecule has 0 spiro atoms. The summed E-state index contributed by atoms with van der Waals surface area (Å²) >= 11 is 0. The van der Waals surface area contributed by atoms with Crippen molar-refractivity contribution in [2.24, 2.45) is 11.5 Å². The van der Waals surface area contributed by atoms with Crippen LogP contribution in [-0.4, -0.2) is 13.1 Å². The van der Waals surface area contributed by atoms with Crippen molar-refractivity contribution in [1.82, 2.24) is 0 Å². The lowest BCUT2D eigenvalue weighted by Gasteiger charge is -2.13. The smallest absolute Gasteiger partial charge is 0.330 e. The number of alkyl halides is 3. The highest BCUT2D eigenvalue weighted by Crippen LogP contribution is 2.31. The van der Waals surface area contributed by atoms with Crippen molar-refractivity contribution in [3.63, 3.8) is 0 Å². The molecule has 0 aliphatic rings. The van der Waals surface area contributed by atoms with Gasteiger partial charge in [0, 0.05) is 0 Å². The third kappa shape index (κ3) is 4.02. The van der Waals surface area contributed by atoms with Gasteiger partial charge in [-0.15, -0.1) is 0 Å². The summed E-state index contributed by atoms with van der Waals surface area (Å²) in [6, 6.07) is 3.83. The van der Waals surface area contributed by atoms with E-state index in [1.807, 2.05) is 0 Å². The van der Waals surface area contributed by atoms with E-state index in [0.717, 1.165) is 11.6 Å². The maximum absolute atomic E-state index is 12.6. The molecule has 1 aromatic carbocycles. The van der Waals surface area contributed by atoms with Gasteiger partial charge >= 0.3 is 6.18 Å². The quantitative estimate of drug-likeness (QED) is 0.836. The zero-order valence-electron chi connectivity index (χ0n) is 9.56. The number of hydrogen-bond donors (Lipinski definition) is 2. The second-order valence-electron chi connectivity index (χ2n) is 3.91. The fourth-order valence-corrected chi connectivity index (χ4v) is 1.73. The molecule has 0 saturated heterocycles. The normalized spacial score (nSPS) is 11.8. The molecular weight excluding hydrogens is 229 g/mol. The van der Waals surface area contributed by atoms with Gasteiger partial charge in [0.1, 0.15) is 0 Å². The number of nitrogens with two attached hydrogens (primary N) is 2. The molecule has 0 aromatic heterocycles. The molecule has 0 heterocycles. The second kappa shape index (κ2) is 6.02. The molecule has 0 aliphatic carbocycles. The fraction of sp³-hybridized carbons (Fsp3) is 0.500. The molecule has 0 bridgehead atoms. The first-order valence-corrected chi connectivity index (χ1v) is 5.58. The van der Waals surface area contributed by atoms with E-state index in [9.17, 15) is 13.2 Å². The first-order valence-electron chi connectivity index (χ1n) is 5.58. The molecule has 0 amide bonds. The Morgan fingerprint density at radius 2 is 1.65 bits per heavy atom. The van der Waals surface area contributed by atoms with Gasteiger partial charge in [0.05, 0.1) is 5.56 Å². The van der Waals surface area contributed by atoms with Crippen LogP contribution in [-0.2, 0) is 19.0 Å². The predicted molar refractivity (Wildman–Crippen MR) is 61.6 cm³/mol. The van der Waals surface area contributed by atoms with Gasteiger partial charge in [-0.2, -0.15) is 13.2 Å². The van der Waals surface area contributed by atoms with Gasteiger partial charge in [-0.25, -0.2) is 0 Å². The molecule has 17 heavy (non-hydrogen) atoms. The summed E-state index contributed by atoms with van der Waals surface area (Å²) in [6.45, 7) is 0.902. The molecule has 2 nitrogen and oxygen atoms in total. The first kappa shape index (κ1) is 14.0. The topological polar surface area (TPSA) is 52.0 Å². The Bertz CT molecular complexity index is 361. The van der Waals surface area contributed by atoms with E-state index < -0.39 is 11.7 Å². The summed E-state index contributed by atoms with van der Waals surface area (Å²) in [5.41, 5.74) is 11.8. The zero-order chi connectivity index (χ0) is 12.9. The van der Waals surface area contributed by atoms with E-state index in [0.29, 0.717) is 37.9 Å². The van der Waals surface area contributed by atoms with Gasteiger partial charge in [0.15, 0.2) is 0 Å². The van der Waals surface area contributed by atoms with Crippen molar-refractivity contribution >= 4 is 0 Å². The Morgan fingerprint density at radius 1 is 0.941 bits per heavy atom. The van der Waals surface area contributed by atoms with Gasteiger partial charge in [0.25, 0.3) is 0 Å². The maximum atomic E-state index is 12.6. The molecule has 5 heteroatoms. The summed E-state index contributed by atoms with van der Waals surface area (Å²) in [7, 11) is 0. The van der Waals surface area contributed by atoms with Crippen LogP contribution in [0.25, 0.3) is 0 Å². The minimum Gasteiger partial charge on any atom is -0.330 e. The Balaban J connectivity index is 3.01. The molecule has 96 valence electrons. The Labute approximate surface area is 98.8 Å². The Kier molecular flexibility index (Phi) is 4.96. The molecule has 4 N–H and O–H groups in total. The minimum atomic E-state index is -4.29. The van der Waals surface area contributed by atoms with Crippen LogP contribution in [0.4, 0.5) is 13.2 Å². The third-order valence-corrected chi connectivity index (χ3v) is 2.60. The molecule has 0 saturated carbocycles. The molecule has 0 aliphatic heterocycles. The number of aryl methyl sites for hydroxylation is 1. The van der Waals surface area contributed by atoms with Crippen LogP contribution in [0.3, 0.4) is 0 Å². The molecule has 1 rings (SSSR count). The fourth-order valence-electron chi connectivity index (χ4n) is 1.73.